The van der Waals surface area contributed by atoms with Crippen molar-refractivity contribution < 1.29 is 9.59 Å². The minimum atomic E-state index is -0.158. The third-order valence-electron chi connectivity index (χ3n) is 8.54. The molecule has 0 saturated carbocycles. The first kappa shape index (κ1) is 20.9. The van der Waals surface area contributed by atoms with Gasteiger partial charge in [-0.05, 0) is 89.6 Å². The molecular weight excluding hydrogens is 454 g/mol. The molecule has 0 radical (unpaired) electrons. The summed E-state index contributed by atoms with van der Waals surface area (Å²) in [6.45, 7) is 2.66. The number of carbonyl (C=O) groups excluding carboxylic acids is 2. The van der Waals surface area contributed by atoms with Gasteiger partial charge in [0.15, 0.2) is 0 Å². The van der Waals surface area contributed by atoms with Gasteiger partial charge in [-0.1, -0.05) is 80.8 Å². The lowest BCUT2D eigenvalue weighted by atomic mass is 9.91. The summed E-state index contributed by atoms with van der Waals surface area (Å²) >= 11 is 0. The van der Waals surface area contributed by atoms with Crippen LogP contribution in [-0.2, 0) is 0 Å². The maximum absolute atomic E-state index is 13.3. The van der Waals surface area contributed by atoms with E-state index >= 15 is 0 Å². The summed E-state index contributed by atoms with van der Waals surface area (Å²) in [4.78, 5) is 27.8. The SMILES string of the molecule is CCCCCCN1C(=O)c2ccc(-c3cc4ccc5ccc6ccc7ccc3c3c7c6c5c43)cc2C1=O. The molecule has 178 valence electrons. The van der Waals surface area contributed by atoms with Crippen LogP contribution in [0.25, 0.3) is 65.0 Å². The van der Waals surface area contributed by atoms with Crippen LogP contribution in [0.1, 0.15) is 53.3 Å². The first-order chi connectivity index (χ1) is 18.2. The fourth-order valence-electron chi connectivity index (χ4n) is 6.77. The second kappa shape index (κ2) is 7.39. The highest BCUT2D eigenvalue weighted by atomic mass is 16.2. The normalized spacial score (nSPS) is 14.1. The summed E-state index contributed by atoms with van der Waals surface area (Å²) in [5.74, 6) is -0.315. The van der Waals surface area contributed by atoms with E-state index in [0.717, 1.165) is 36.8 Å². The summed E-state index contributed by atoms with van der Waals surface area (Å²) in [5, 5.41) is 12.9. The molecule has 1 aliphatic rings. The third kappa shape index (κ3) is 2.66. The number of benzene rings is 6. The number of hydrogen-bond donors (Lipinski definition) is 0. The molecule has 7 aromatic carbocycles. The molecule has 0 unspecified atom stereocenters. The van der Waals surface area contributed by atoms with Crippen LogP contribution < -0.4 is 0 Å². The average Bonchev–Trinajstić information content (AvgIpc) is 3.41. The van der Waals surface area contributed by atoms with Crippen LogP contribution in [0.5, 0.6) is 0 Å². The van der Waals surface area contributed by atoms with E-state index in [1.807, 2.05) is 18.2 Å². The minimum absolute atomic E-state index is 0.157. The number of imide groups is 1. The molecule has 0 aromatic heterocycles. The highest BCUT2D eigenvalue weighted by Crippen LogP contribution is 2.50. The van der Waals surface area contributed by atoms with Crippen molar-refractivity contribution in [3.8, 4) is 11.1 Å². The maximum atomic E-state index is 13.3. The van der Waals surface area contributed by atoms with Crippen molar-refractivity contribution in [3.63, 3.8) is 0 Å². The molecule has 0 atom stereocenters. The molecule has 1 aliphatic heterocycles. The number of fused-ring (bicyclic) bond motifs is 1. The monoisotopic (exact) mass is 479 g/mol. The Morgan fingerprint density at radius 2 is 1.14 bits per heavy atom. The van der Waals surface area contributed by atoms with Crippen molar-refractivity contribution in [2.75, 3.05) is 6.54 Å². The molecule has 3 heteroatoms. The molecule has 1 heterocycles. The van der Waals surface area contributed by atoms with E-state index in [-0.39, 0.29) is 11.8 Å². The molecule has 0 saturated heterocycles. The largest absolute Gasteiger partial charge is 0.274 e. The van der Waals surface area contributed by atoms with Crippen LogP contribution >= 0.6 is 0 Å². The summed E-state index contributed by atoms with van der Waals surface area (Å²) < 4.78 is 0. The van der Waals surface area contributed by atoms with Crippen LogP contribution in [-0.4, -0.2) is 23.3 Å². The maximum Gasteiger partial charge on any atom is 0.261 e. The predicted octanol–water partition coefficient (Wildman–Crippen LogP) is 8.61. The number of nitrogens with zero attached hydrogens (tertiary/aromatic N) is 1. The quantitative estimate of drug-likeness (QED) is 0.136. The molecular formula is C34H25NO2. The van der Waals surface area contributed by atoms with Gasteiger partial charge < -0.3 is 0 Å². The number of rotatable bonds is 6. The summed E-state index contributed by atoms with van der Waals surface area (Å²) in [6, 6.07) is 25.9. The van der Waals surface area contributed by atoms with Gasteiger partial charge in [0, 0.05) is 6.54 Å². The summed E-state index contributed by atoms with van der Waals surface area (Å²) in [5.41, 5.74) is 3.15. The number of unbranched alkanes of at least 4 members (excludes halogenated alkanes) is 3. The van der Waals surface area contributed by atoms with E-state index in [4.69, 9.17) is 0 Å². The zero-order valence-electron chi connectivity index (χ0n) is 20.7. The molecule has 7 aromatic rings. The topological polar surface area (TPSA) is 37.4 Å². The van der Waals surface area contributed by atoms with Gasteiger partial charge >= 0.3 is 0 Å². The van der Waals surface area contributed by atoms with Gasteiger partial charge in [0.25, 0.3) is 11.8 Å². The lowest BCUT2D eigenvalue weighted by Gasteiger charge is -2.13. The first-order valence-electron chi connectivity index (χ1n) is 13.3. The van der Waals surface area contributed by atoms with Crippen molar-refractivity contribution in [2.24, 2.45) is 0 Å². The lowest BCUT2D eigenvalue weighted by Crippen LogP contribution is -2.30. The second-order valence-electron chi connectivity index (χ2n) is 10.6. The number of carbonyl (C=O) groups is 2. The molecule has 0 aliphatic carbocycles. The minimum Gasteiger partial charge on any atom is -0.274 e. The highest BCUT2D eigenvalue weighted by molar-refractivity contribution is 6.45. The van der Waals surface area contributed by atoms with Crippen LogP contribution in [0.4, 0.5) is 0 Å². The molecule has 0 N–H and O–H groups in total. The van der Waals surface area contributed by atoms with E-state index < -0.39 is 0 Å². The van der Waals surface area contributed by atoms with E-state index in [2.05, 4.69) is 61.5 Å². The highest BCUT2D eigenvalue weighted by Gasteiger charge is 2.35. The van der Waals surface area contributed by atoms with E-state index in [9.17, 15) is 9.59 Å². The Hall–Kier alpha value is -4.24. The van der Waals surface area contributed by atoms with Crippen LogP contribution in [0, 0.1) is 0 Å². The Morgan fingerprint density at radius 1 is 0.541 bits per heavy atom. The van der Waals surface area contributed by atoms with Gasteiger partial charge in [-0.2, -0.15) is 0 Å². The smallest absolute Gasteiger partial charge is 0.261 e. The van der Waals surface area contributed by atoms with Gasteiger partial charge in [-0.3, -0.25) is 14.5 Å². The molecule has 2 amide bonds. The Morgan fingerprint density at radius 3 is 1.84 bits per heavy atom. The molecule has 0 fully saturated rings. The van der Waals surface area contributed by atoms with Crippen LogP contribution in [0.2, 0.25) is 0 Å². The molecule has 0 bridgehead atoms. The number of amides is 2. The van der Waals surface area contributed by atoms with E-state index in [1.165, 1.54) is 58.8 Å². The zero-order chi connectivity index (χ0) is 24.8. The zero-order valence-corrected chi connectivity index (χ0v) is 20.7. The third-order valence-corrected chi connectivity index (χ3v) is 8.54. The van der Waals surface area contributed by atoms with E-state index in [0.29, 0.717) is 17.7 Å². The predicted molar refractivity (Wildman–Crippen MR) is 152 cm³/mol. The van der Waals surface area contributed by atoms with Crippen LogP contribution in [0.3, 0.4) is 0 Å². The van der Waals surface area contributed by atoms with Gasteiger partial charge in [-0.25, -0.2) is 0 Å². The Bertz CT molecular complexity index is 1980. The summed E-state index contributed by atoms with van der Waals surface area (Å²) in [7, 11) is 0. The van der Waals surface area contributed by atoms with Gasteiger partial charge in [-0.15, -0.1) is 0 Å². The molecule has 8 rings (SSSR count). The first-order valence-corrected chi connectivity index (χ1v) is 13.3. The van der Waals surface area contributed by atoms with Crippen molar-refractivity contribution in [1.29, 1.82) is 0 Å². The number of hydrogen-bond acceptors (Lipinski definition) is 2. The lowest BCUT2D eigenvalue weighted by molar-refractivity contribution is 0.0651. The summed E-state index contributed by atoms with van der Waals surface area (Å²) in [6.07, 6.45) is 4.15. The Kier molecular flexibility index (Phi) is 4.18. The molecule has 0 spiro atoms. The van der Waals surface area contributed by atoms with Crippen LogP contribution in [0.15, 0.2) is 72.8 Å². The average molecular weight is 480 g/mol. The van der Waals surface area contributed by atoms with Crippen molar-refractivity contribution in [3.05, 3.63) is 83.9 Å². The fourth-order valence-corrected chi connectivity index (χ4v) is 6.77. The van der Waals surface area contributed by atoms with Crippen molar-refractivity contribution in [1.82, 2.24) is 4.90 Å². The Labute approximate surface area is 214 Å². The molecule has 3 nitrogen and oxygen atoms in total. The van der Waals surface area contributed by atoms with E-state index in [1.54, 1.807) is 0 Å². The molecule has 37 heavy (non-hydrogen) atoms. The standard InChI is InChI=1S/C34H25NO2/c1-2-3-4-5-16-35-33(36)25-15-13-22(17-27(25)34(35)37)26-18-23-11-10-20-7-6-19-8-9-21-12-14-24(26)32-30(21)28(19)29(20)31(23)32/h6-15,17-18H,2-5,16H2,1H3. The van der Waals surface area contributed by atoms with Crippen molar-refractivity contribution >= 4 is 65.7 Å². The Balaban J connectivity index is 1.33. The van der Waals surface area contributed by atoms with Gasteiger partial charge in [0.1, 0.15) is 0 Å². The fraction of sp³-hybridized carbons (Fsp3) is 0.176. The second-order valence-corrected chi connectivity index (χ2v) is 10.6. The van der Waals surface area contributed by atoms with Crippen molar-refractivity contribution in [2.45, 2.75) is 32.6 Å². The van der Waals surface area contributed by atoms with Gasteiger partial charge in [0.2, 0.25) is 0 Å². The van der Waals surface area contributed by atoms with Gasteiger partial charge in [0.05, 0.1) is 11.1 Å².